The van der Waals surface area contributed by atoms with Crippen LogP contribution in [-0.2, 0) is 19.6 Å². The Morgan fingerprint density at radius 3 is 2.49 bits per heavy atom. The highest BCUT2D eigenvalue weighted by atomic mass is 32.2. The Morgan fingerprint density at radius 1 is 1.26 bits per heavy atom. The molecule has 4 N–H and O–H groups in total. The quantitative estimate of drug-likeness (QED) is 0.399. The fraction of sp³-hybridized carbons (Fsp3) is 0.739. The number of carbonyl (C=O) groups excluding carboxylic acids is 2. The molecule has 0 saturated carbocycles. The third-order valence-corrected chi connectivity index (χ3v) is 7.59. The Kier molecular flexibility index (Phi) is 9.37. The van der Waals surface area contributed by atoms with Gasteiger partial charge >= 0.3 is 6.09 Å². The topological polar surface area (TPSA) is 149 Å². The second-order valence-electron chi connectivity index (χ2n) is 10.7. The number of nitrogens with one attached hydrogen (secondary N) is 2. The summed E-state index contributed by atoms with van der Waals surface area (Å²) in [6, 6.07) is -0.722. The van der Waals surface area contributed by atoms with Crippen molar-refractivity contribution in [3.05, 3.63) is 23.3 Å². The van der Waals surface area contributed by atoms with Gasteiger partial charge in [-0.05, 0) is 59.0 Å². The minimum absolute atomic E-state index is 0.0409. The monoisotopic (exact) mass is 516 g/mol. The molecule has 0 aromatic rings. The van der Waals surface area contributed by atoms with Gasteiger partial charge in [0.1, 0.15) is 11.1 Å². The second kappa shape index (κ2) is 11.3. The van der Waals surface area contributed by atoms with E-state index in [0.29, 0.717) is 24.3 Å². The van der Waals surface area contributed by atoms with Crippen LogP contribution >= 0.6 is 0 Å². The van der Waals surface area contributed by atoms with Crippen LogP contribution in [0.2, 0.25) is 0 Å². The number of sulfonamides is 1. The third-order valence-electron chi connectivity index (χ3n) is 5.70. The summed E-state index contributed by atoms with van der Waals surface area (Å²) in [7, 11) is -4.05. The number of aliphatic hydroxyl groups is 1. The summed E-state index contributed by atoms with van der Waals surface area (Å²) in [5.74, 6) is -0.418. The lowest BCUT2D eigenvalue weighted by atomic mass is 9.89. The van der Waals surface area contributed by atoms with Crippen LogP contribution in [0.5, 0.6) is 0 Å². The molecule has 0 aliphatic carbocycles. The molecule has 2 aliphatic rings. The van der Waals surface area contributed by atoms with Crippen LogP contribution in [0.1, 0.15) is 60.8 Å². The van der Waals surface area contributed by atoms with Gasteiger partial charge in [-0.1, -0.05) is 26.0 Å². The molecule has 2 heterocycles. The van der Waals surface area contributed by atoms with Gasteiger partial charge in [0.15, 0.2) is 5.03 Å². The van der Waals surface area contributed by atoms with Crippen molar-refractivity contribution >= 4 is 22.0 Å². The maximum Gasteiger partial charge on any atom is 0.408 e. The Balaban J connectivity index is 2.14. The first-order chi connectivity index (χ1) is 16.0. The van der Waals surface area contributed by atoms with Crippen LogP contribution in [0.3, 0.4) is 0 Å². The van der Waals surface area contributed by atoms with E-state index >= 15 is 0 Å². The third kappa shape index (κ3) is 7.92. The number of amides is 2. The first-order valence-corrected chi connectivity index (χ1v) is 13.3. The zero-order chi connectivity index (χ0) is 26.6. The zero-order valence-electron chi connectivity index (χ0n) is 21.4. The van der Waals surface area contributed by atoms with Crippen molar-refractivity contribution in [2.24, 2.45) is 5.92 Å². The van der Waals surface area contributed by atoms with Gasteiger partial charge in [0.05, 0.1) is 18.7 Å². The van der Waals surface area contributed by atoms with E-state index in [4.69, 9.17) is 4.74 Å². The number of aliphatic hydroxyl groups excluding tert-OH is 1. The average Bonchev–Trinajstić information content (AvgIpc) is 2.88. The van der Waals surface area contributed by atoms with Gasteiger partial charge in [0, 0.05) is 13.1 Å². The number of hydrogen-bond acceptors (Lipinski definition) is 8. The predicted molar refractivity (Wildman–Crippen MR) is 131 cm³/mol. The molecule has 1 fully saturated rings. The van der Waals surface area contributed by atoms with Crippen LogP contribution in [0.15, 0.2) is 23.3 Å². The van der Waals surface area contributed by atoms with Gasteiger partial charge in [-0.25, -0.2) is 18.3 Å². The molecule has 0 spiro atoms. The SMILES string of the molecule is CC(C)CC(C)(NC(=O)OC(C)(C)C)C(=O)NC1CCCN(S(=O)(=O)C2=CC=CCN2O)CC1O. The molecular weight excluding hydrogens is 476 g/mol. The fourth-order valence-electron chi connectivity index (χ4n) is 4.21. The van der Waals surface area contributed by atoms with Gasteiger partial charge in [-0.2, -0.15) is 4.31 Å². The molecule has 35 heavy (non-hydrogen) atoms. The Hall–Kier alpha value is -2.15. The number of allylic oxidation sites excluding steroid dienone is 2. The first-order valence-electron chi connectivity index (χ1n) is 11.9. The summed E-state index contributed by atoms with van der Waals surface area (Å²) in [5, 5.41) is 26.7. The zero-order valence-corrected chi connectivity index (χ0v) is 22.3. The lowest BCUT2D eigenvalue weighted by Gasteiger charge is -2.34. The lowest BCUT2D eigenvalue weighted by Crippen LogP contribution is -2.61. The Bertz CT molecular complexity index is 942. The second-order valence-corrected chi connectivity index (χ2v) is 12.6. The number of ether oxygens (including phenoxy) is 1. The maximum atomic E-state index is 13.3. The highest BCUT2D eigenvalue weighted by Crippen LogP contribution is 2.24. The summed E-state index contributed by atoms with van der Waals surface area (Å²) in [4.78, 5) is 25.7. The molecular formula is C23H40N4O7S. The Labute approximate surface area is 208 Å². The van der Waals surface area contributed by atoms with E-state index in [0.717, 1.165) is 4.31 Å². The number of carbonyl (C=O) groups is 2. The number of β-amino-alcohol motifs (C(OH)–C–C–N with tert-alkyl or cyclic N) is 1. The van der Waals surface area contributed by atoms with E-state index in [9.17, 15) is 28.3 Å². The van der Waals surface area contributed by atoms with Crippen LogP contribution in [0, 0.1) is 5.92 Å². The van der Waals surface area contributed by atoms with E-state index in [1.54, 1.807) is 39.8 Å². The molecule has 1 saturated heterocycles. The molecule has 3 unspecified atom stereocenters. The van der Waals surface area contributed by atoms with Gasteiger partial charge in [0.2, 0.25) is 5.91 Å². The molecule has 0 radical (unpaired) electrons. The molecule has 0 bridgehead atoms. The summed E-state index contributed by atoms with van der Waals surface area (Å²) < 4.78 is 32.6. The van der Waals surface area contributed by atoms with E-state index in [-0.39, 0.29) is 30.6 Å². The van der Waals surface area contributed by atoms with Crippen molar-refractivity contribution in [2.45, 2.75) is 84.1 Å². The van der Waals surface area contributed by atoms with Crippen LogP contribution in [0.25, 0.3) is 0 Å². The van der Waals surface area contributed by atoms with Gasteiger partial charge in [-0.3, -0.25) is 10.0 Å². The van der Waals surface area contributed by atoms with Crippen molar-refractivity contribution in [3.8, 4) is 0 Å². The predicted octanol–water partition coefficient (Wildman–Crippen LogP) is 1.69. The van der Waals surface area contributed by atoms with E-state index in [1.807, 2.05) is 13.8 Å². The van der Waals surface area contributed by atoms with E-state index in [1.165, 1.54) is 6.08 Å². The van der Waals surface area contributed by atoms with Crippen LogP contribution in [0.4, 0.5) is 4.79 Å². The van der Waals surface area contributed by atoms with Crippen molar-refractivity contribution in [1.29, 1.82) is 0 Å². The van der Waals surface area contributed by atoms with Crippen molar-refractivity contribution < 1.29 is 33.1 Å². The summed E-state index contributed by atoms with van der Waals surface area (Å²) in [5.41, 5.74) is -2.04. The number of nitrogens with zero attached hydrogens (tertiary/aromatic N) is 2. The highest BCUT2D eigenvalue weighted by molar-refractivity contribution is 7.92. The smallest absolute Gasteiger partial charge is 0.408 e. The highest BCUT2D eigenvalue weighted by Gasteiger charge is 2.41. The standard InChI is InChI=1S/C23H40N4O7S/c1-16(2)14-23(6,25-21(30)34-22(3,4)5)20(29)24-17-10-9-12-26(15-18(17)28)35(32,33)19-11-7-8-13-27(19)31/h7-8,11,16-18,28,31H,9-10,12-15H2,1-6H3,(H,24,29)(H,25,30). The number of rotatable bonds is 7. The molecule has 0 aromatic heterocycles. The molecule has 200 valence electrons. The molecule has 11 nitrogen and oxygen atoms in total. The van der Waals surface area contributed by atoms with Crippen molar-refractivity contribution in [3.63, 3.8) is 0 Å². The van der Waals surface area contributed by atoms with Crippen molar-refractivity contribution in [1.82, 2.24) is 20.0 Å². The molecule has 12 heteroatoms. The number of alkyl carbamates (subject to hydrolysis) is 1. The largest absolute Gasteiger partial charge is 0.444 e. The van der Waals surface area contributed by atoms with Crippen LogP contribution < -0.4 is 10.6 Å². The Morgan fingerprint density at radius 2 is 1.91 bits per heavy atom. The molecule has 2 amide bonds. The van der Waals surface area contributed by atoms with E-state index in [2.05, 4.69) is 10.6 Å². The lowest BCUT2D eigenvalue weighted by molar-refractivity contribution is -0.129. The van der Waals surface area contributed by atoms with Gasteiger partial charge < -0.3 is 20.5 Å². The molecule has 2 rings (SSSR count). The van der Waals surface area contributed by atoms with Crippen LogP contribution in [-0.4, -0.2) is 83.0 Å². The first kappa shape index (κ1) is 29.1. The molecule has 0 aromatic carbocycles. The fourth-order valence-corrected chi connectivity index (χ4v) is 5.78. The minimum Gasteiger partial charge on any atom is -0.444 e. The normalized spacial score (nSPS) is 23.8. The minimum atomic E-state index is -4.05. The van der Waals surface area contributed by atoms with Gasteiger partial charge in [-0.15, -0.1) is 0 Å². The summed E-state index contributed by atoms with van der Waals surface area (Å²) >= 11 is 0. The number of hydrogen-bond donors (Lipinski definition) is 4. The number of hydroxylamine groups is 2. The maximum absolute atomic E-state index is 13.3. The molecule has 3 atom stereocenters. The molecule has 2 aliphatic heterocycles. The van der Waals surface area contributed by atoms with E-state index < -0.39 is 45.3 Å². The van der Waals surface area contributed by atoms with Crippen molar-refractivity contribution in [2.75, 3.05) is 19.6 Å². The summed E-state index contributed by atoms with van der Waals surface area (Å²) in [6.07, 6.45) is 3.60. The summed E-state index contributed by atoms with van der Waals surface area (Å²) in [6.45, 7) is 10.5. The van der Waals surface area contributed by atoms with Gasteiger partial charge in [0.25, 0.3) is 10.0 Å². The average molecular weight is 517 g/mol.